The predicted octanol–water partition coefficient (Wildman–Crippen LogP) is 23.6. The van der Waals surface area contributed by atoms with E-state index < -0.39 is 6.10 Å². The van der Waals surface area contributed by atoms with E-state index in [0.717, 1.165) is 77.0 Å². The highest BCUT2D eigenvalue weighted by Crippen LogP contribution is 2.18. The molecule has 0 radical (unpaired) electrons. The Morgan fingerprint density at radius 3 is 0.766 bits per heavy atom. The number of rotatable bonds is 64. The van der Waals surface area contributed by atoms with Gasteiger partial charge in [0.2, 0.25) is 0 Å². The third-order valence-corrected chi connectivity index (χ3v) is 15.6. The molecule has 0 aromatic heterocycles. The van der Waals surface area contributed by atoms with E-state index in [1.807, 2.05) is 0 Å². The van der Waals surface area contributed by atoms with Crippen LogP contribution in [0.4, 0.5) is 0 Å². The van der Waals surface area contributed by atoms with Gasteiger partial charge in [-0.3, -0.25) is 14.4 Å². The smallest absolute Gasteiger partial charge is 0.306 e. The van der Waals surface area contributed by atoms with Crippen molar-refractivity contribution < 1.29 is 28.6 Å². The first kappa shape index (κ1) is 74.6. The van der Waals surface area contributed by atoms with Crippen LogP contribution in [-0.2, 0) is 28.6 Å². The minimum atomic E-state index is -0.779. The fraction of sp³-hybridized carbons (Fsp3) is 0.873. The van der Waals surface area contributed by atoms with Crippen LogP contribution in [0.15, 0.2) is 36.5 Å². The average molecular weight is 1080 g/mol. The van der Waals surface area contributed by atoms with Gasteiger partial charge in [0.1, 0.15) is 13.2 Å². The Morgan fingerprint density at radius 1 is 0.260 bits per heavy atom. The third kappa shape index (κ3) is 64.3. The lowest BCUT2D eigenvalue weighted by Gasteiger charge is -2.18. The molecule has 0 saturated carbocycles. The molecule has 0 fully saturated rings. The number of carbonyl (C=O) groups is 3. The normalized spacial score (nSPS) is 12.2. The van der Waals surface area contributed by atoms with Crippen LogP contribution in [0.1, 0.15) is 380 Å². The van der Waals surface area contributed by atoms with E-state index >= 15 is 0 Å². The van der Waals surface area contributed by atoms with Crippen molar-refractivity contribution >= 4 is 17.9 Å². The predicted molar refractivity (Wildman–Crippen MR) is 335 cm³/mol. The van der Waals surface area contributed by atoms with Crippen LogP contribution in [-0.4, -0.2) is 37.2 Å². The van der Waals surface area contributed by atoms with Crippen molar-refractivity contribution in [3.8, 4) is 0 Å². The van der Waals surface area contributed by atoms with Gasteiger partial charge in [-0.2, -0.15) is 0 Å². The van der Waals surface area contributed by atoms with Gasteiger partial charge < -0.3 is 14.2 Å². The van der Waals surface area contributed by atoms with Crippen molar-refractivity contribution in [3.05, 3.63) is 36.5 Å². The highest BCUT2D eigenvalue weighted by atomic mass is 16.6. The lowest BCUT2D eigenvalue weighted by Crippen LogP contribution is -2.30. The molecule has 77 heavy (non-hydrogen) atoms. The topological polar surface area (TPSA) is 78.9 Å². The van der Waals surface area contributed by atoms with Crippen LogP contribution in [0.3, 0.4) is 0 Å². The quantitative estimate of drug-likeness (QED) is 0.0261. The van der Waals surface area contributed by atoms with Crippen molar-refractivity contribution in [3.63, 3.8) is 0 Å². The van der Waals surface area contributed by atoms with Crippen molar-refractivity contribution in [1.29, 1.82) is 0 Å². The number of allylic oxidation sites excluding steroid dienone is 6. The molecule has 0 aliphatic rings. The summed E-state index contributed by atoms with van der Waals surface area (Å²) >= 11 is 0. The molecule has 452 valence electrons. The molecule has 6 heteroatoms. The summed E-state index contributed by atoms with van der Waals surface area (Å²) in [6.45, 7) is 6.65. The van der Waals surface area contributed by atoms with Gasteiger partial charge in [0, 0.05) is 19.3 Å². The second-order valence-electron chi connectivity index (χ2n) is 23.4. The number of carbonyl (C=O) groups excluding carboxylic acids is 3. The van der Waals surface area contributed by atoms with Crippen molar-refractivity contribution in [2.45, 2.75) is 386 Å². The molecule has 1 unspecified atom stereocenters. The zero-order valence-corrected chi connectivity index (χ0v) is 52.0. The molecule has 0 rings (SSSR count). The molecule has 0 bridgehead atoms. The molecule has 0 N–H and O–H groups in total. The highest BCUT2D eigenvalue weighted by molar-refractivity contribution is 5.71. The summed E-state index contributed by atoms with van der Waals surface area (Å²) in [5.41, 5.74) is 0. The molecule has 0 heterocycles. The van der Waals surface area contributed by atoms with E-state index in [2.05, 4.69) is 57.2 Å². The summed E-state index contributed by atoms with van der Waals surface area (Å²) in [6.07, 6.45) is 81.8. The standard InChI is InChI=1S/C71H132O6/c1-4-7-10-13-16-19-22-25-28-30-31-32-33-34-35-36-37-38-39-40-42-43-46-49-52-55-58-61-64-70(73)76-67-68(66-75-69(72)63-60-57-54-51-48-45-27-24-21-18-15-12-9-6-3)77-71(74)65-62-59-56-53-50-47-44-41-29-26-23-20-17-14-11-8-5-2/h15,18,24,26-27,29,68H,4-14,16-17,19-23,25,28,30-67H2,1-3H3/b18-15-,27-24-,29-26-. The summed E-state index contributed by atoms with van der Waals surface area (Å²) in [6, 6.07) is 0. The van der Waals surface area contributed by atoms with E-state index in [1.54, 1.807) is 0 Å². The first-order valence-electron chi connectivity index (χ1n) is 34.5. The van der Waals surface area contributed by atoms with E-state index in [0.29, 0.717) is 19.3 Å². The summed E-state index contributed by atoms with van der Waals surface area (Å²) < 4.78 is 17.0. The molecule has 0 spiro atoms. The van der Waals surface area contributed by atoms with Crippen molar-refractivity contribution in [2.24, 2.45) is 0 Å². The SMILES string of the molecule is CCCC/C=C\C/C=C\CCCCCCCC(=O)OCC(COC(=O)CCCCCCCCCCCCCCCCCCCCCCCCCCCCCC)OC(=O)CCCCCCCCC/C=C\CCCCCCCC. The minimum Gasteiger partial charge on any atom is -0.462 e. The van der Waals surface area contributed by atoms with E-state index in [4.69, 9.17) is 14.2 Å². The second-order valence-corrected chi connectivity index (χ2v) is 23.4. The third-order valence-electron chi connectivity index (χ3n) is 15.6. The molecule has 0 amide bonds. The number of hydrogen-bond donors (Lipinski definition) is 0. The lowest BCUT2D eigenvalue weighted by atomic mass is 10.0. The van der Waals surface area contributed by atoms with Crippen LogP contribution in [0.2, 0.25) is 0 Å². The molecule has 0 aliphatic carbocycles. The molecular formula is C71H132O6. The molecular weight excluding hydrogens is 949 g/mol. The maximum absolute atomic E-state index is 12.9. The molecule has 0 saturated heterocycles. The van der Waals surface area contributed by atoms with Crippen molar-refractivity contribution in [1.82, 2.24) is 0 Å². The van der Waals surface area contributed by atoms with Gasteiger partial charge in [0.25, 0.3) is 0 Å². The highest BCUT2D eigenvalue weighted by Gasteiger charge is 2.19. The van der Waals surface area contributed by atoms with E-state index in [9.17, 15) is 14.4 Å². The second kappa shape index (κ2) is 66.1. The van der Waals surface area contributed by atoms with Crippen molar-refractivity contribution in [2.75, 3.05) is 13.2 Å². The van der Waals surface area contributed by atoms with Crippen LogP contribution < -0.4 is 0 Å². The van der Waals surface area contributed by atoms with Gasteiger partial charge in [-0.1, -0.05) is 327 Å². The van der Waals surface area contributed by atoms with E-state index in [1.165, 1.54) is 263 Å². The Balaban J connectivity index is 4.20. The fourth-order valence-electron chi connectivity index (χ4n) is 10.4. The Bertz CT molecular complexity index is 1290. The van der Waals surface area contributed by atoms with Gasteiger partial charge >= 0.3 is 17.9 Å². The first-order valence-corrected chi connectivity index (χ1v) is 34.5. The number of unbranched alkanes of at least 4 members (excludes halogenated alkanes) is 47. The van der Waals surface area contributed by atoms with Gasteiger partial charge in [-0.05, 0) is 70.6 Å². The molecule has 6 nitrogen and oxygen atoms in total. The maximum Gasteiger partial charge on any atom is 0.306 e. The number of ether oxygens (including phenoxy) is 3. The Hall–Kier alpha value is -2.37. The Kier molecular flexibility index (Phi) is 64.1. The zero-order chi connectivity index (χ0) is 55.7. The molecule has 1 atom stereocenters. The van der Waals surface area contributed by atoms with E-state index in [-0.39, 0.29) is 31.1 Å². The first-order chi connectivity index (χ1) is 38.0. The number of hydrogen-bond acceptors (Lipinski definition) is 6. The Labute approximate surface area is 480 Å². The minimum absolute atomic E-state index is 0.0742. The molecule has 0 aliphatic heterocycles. The van der Waals surface area contributed by atoms with Crippen LogP contribution in [0, 0.1) is 0 Å². The zero-order valence-electron chi connectivity index (χ0n) is 52.0. The van der Waals surface area contributed by atoms with Crippen LogP contribution in [0.5, 0.6) is 0 Å². The van der Waals surface area contributed by atoms with Gasteiger partial charge in [-0.15, -0.1) is 0 Å². The maximum atomic E-state index is 12.9. The summed E-state index contributed by atoms with van der Waals surface area (Å²) in [5.74, 6) is -0.868. The van der Waals surface area contributed by atoms with Gasteiger partial charge in [-0.25, -0.2) is 0 Å². The average Bonchev–Trinajstić information content (AvgIpc) is 3.43. The van der Waals surface area contributed by atoms with Gasteiger partial charge in [0.15, 0.2) is 6.10 Å². The lowest BCUT2D eigenvalue weighted by molar-refractivity contribution is -0.167. The van der Waals surface area contributed by atoms with Gasteiger partial charge in [0.05, 0.1) is 0 Å². The summed E-state index contributed by atoms with van der Waals surface area (Å²) in [7, 11) is 0. The monoisotopic (exact) mass is 1080 g/mol. The van der Waals surface area contributed by atoms with Crippen LogP contribution >= 0.6 is 0 Å². The molecule has 0 aromatic rings. The number of esters is 3. The largest absolute Gasteiger partial charge is 0.462 e. The summed E-state index contributed by atoms with van der Waals surface area (Å²) in [4.78, 5) is 38.3. The summed E-state index contributed by atoms with van der Waals surface area (Å²) in [5, 5.41) is 0. The van der Waals surface area contributed by atoms with Crippen LogP contribution in [0.25, 0.3) is 0 Å². The fourth-order valence-corrected chi connectivity index (χ4v) is 10.4. The molecule has 0 aromatic carbocycles. The Morgan fingerprint density at radius 2 is 0.481 bits per heavy atom.